The number of aromatic nitrogens is 16. The first kappa shape index (κ1) is 76.5. The average Bonchev–Trinajstić information content (AvgIpc) is 1.26. The molecule has 36 heteroatoms. The molecule has 1 aliphatic rings. The number of anilines is 16. The number of aromatic amines is 4. The summed E-state index contributed by atoms with van der Waals surface area (Å²) in [7, 11) is 0. The van der Waals surface area contributed by atoms with E-state index in [1.165, 1.54) is 67.8 Å². The minimum atomic E-state index is -0.636. The highest BCUT2D eigenvalue weighted by molar-refractivity contribution is 5.64. The Labute approximate surface area is 608 Å². The van der Waals surface area contributed by atoms with Crippen molar-refractivity contribution in [1.29, 1.82) is 0 Å². The molecule has 0 aliphatic heterocycles. The van der Waals surface area contributed by atoms with Crippen LogP contribution in [0.2, 0.25) is 0 Å². The van der Waals surface area contributed by atoms with Crippen LogP contribution in [-0.2, 0) is 0 Å². The molecule has 4 aromatic carbocycles. The molecule has 4 unspecified atom stereocenters. The minimum Gasteiger partial charge on any atom is -0.368 e. The first-order valence-electron chi connectivity index (χ1n) is 33.5. The van der Waals surface area contributed by atoms with Gasteiger partial charge in [-0.25, -0.2) is 35.1 Å². The molecule has 13 rings (SSSR count). The van der Waals surface area contributed by atoms with E-state index in [0.29, 0.717) is 104 Å². The van der Waals surface area contributed by atoms with Gasteiger partial charge in [-0.1, -0.05) is 50.6 Å². The number of allylic oxidation sites excluding steroid dienone is 1. The first-order valence-corrected chi connectivity index (χ1v) is 33.5. The molecule has 0 radical (unpaired) electrons. The molecule has 1 aliphatic carbocycles. The number of nitrogens with one attached hydrogen (secondary N) is 12. The number of aryl methyl sites for hydroxylation is 1. The maximum absolute atomic E-state index is 14.0. The van der Waals surface area contributed by atoms with Gasteiger partial charge < -0.3 is 65.5 Å². The summed E-state index contributed by atoms with van der Waals surface area (Å²) in [6.07, 6.45) is 7.36. The molecule has 1 saturated carbocycles. The van der Waals surface area contributed by atoms with Gasteiger partial charge >= 0.3 is 0 Å². The molecule has 8 heterocycles. The molecular weight excluding hydrogens is 1400 g/mol. The quantitative estimate of drug-likeness (QED) is 0.0264. The fraction of sp³-hybridized carbons (Fsp3) is 0.239. The number of nitrogen functional groups attached to an aromatic ring is 4. The topological polar surface area (TPSA) is 418 Å². The summed E-state index contributed by atoms with van der Waals surface area (Å²) in [6, 6.07) is 26.0. The maximum Gasteiger partial charge on any atom is 0.223 e. The fourth-order valence-electron chi connectivity index (χ4n) is 10.7. The normalized spacial score (nSPS) is 12.9. The summed E-state index contributed by atoms with van der Waals surface area (Å²) in [5, 5.41) is 52.6. The molecule has 0 spiro atoms. The van der Waals surface area contributed by atoms with Crippen LogP contribution in [0.3, 0.4) is 0 Å². The van der Waals surface area contributed by atoms with Crippen molar-refractivity contribution in [2.45, 2.75) is 111 Å². The zero-order valence-corrected chi connectivity index (χ0v) is 59.0. The summed E-state index contributed by atoms with van der Waals surface area (Å²) >= 11 is 0. The van der Waals surface area contributed by atoms with Crippen molar-refractivity contribution in [3.05, 3.63) is 219 Å². The Morgan fingerprint density at radius 1 is 0.374 bits per heavy atom. The largest absolute Gasteiger partial charge is 0.368 e. The third-order valence-corrected chi connectivity index (χ3v) is 16.2. The summed E-state index contributed by atoms with van der Waals surface area (Å²) in [5.74, 6) is 1.81. The van der Waals surface area contributed by atoms with E-state index in [-0.39, 0.29) is 23.8 Å². The lowest BCUT2D eigenvalue weighted by atomic mass is 9.83. The number of nitrogens with zero attached hydrogens (tertiary/aromatic N) is 12. The Hall–Kier alpha value is -13.2. The van der Waals surface area contributed by atoms with Crippen LogP contribution in [0.4, 0.5) is 129 Å². The lowest BCUT2D eigenvalue weighted by Gasteiger charge is -2.23. The van der Waals surface area contributed by atoms with E-state index in [1.54, 1.807) is 52.0 Å². The van der Waals surface area contributed by atoms with E-state index in [4.69, 9.17) is 22.9 Å². The van der Waals surface area contributed by atoms with E-state index < -0.39 is 70.7 Å². The van der Waals surface area contributed by atoms with E-state index in [2.05, 4.69) is 137 Å². The predicted molar refractivity (Wildman–Crippen MR) is 397 cm³/mol. The summed E-state index contributed by atoms with van der Waals surface area (Å²) < 4.78 is 108. The second-order valence-electron chi connectivity index (χ2n) is 25.0. The number of hydrogen-bond acceptors (Lipinski definition) is 24. The molecule has 1 fully saturated rings. The van der Waals surface area contributed by atoms with Crippen LogP contribution in [0, 0.1) is 53.5 Å². The Morgan fingerprint density at radius 2 is 0.692 bits per heavy atom. The van der Waals surface area contributed by atoms with Crippen molar-refractivity contribution in [3.63, 3.8) is 0 Å². The van der Waals surface area contributed by atoms with Crippen LogP contribution in [0.1, 0.15) is 149 Å². The zero-order valence-electron chi connectivity index (χ0n) is 59.0. The van der Waals surface area contributed by atoms with Crippen molar-refractivity contribution in [2.24, 2.45) is 0 Å². The predicted octanol–water partition coefficient (Wildman–Crippen LogP) is 15.6. The molecule has 0 saturated heterocycles. The Kier molecular flexibility index (Phi) is 24.9. The van der Waals surface area contributed by atoms with Gasteiger partial charge in [0.15, 0.2) is 23.3 Å². The van der Waals surface area contributed by atoms with Crippen molar-refractivity contribution < 1.29 is 35.1 Å². The lowest BCUT2D eigenvalue weighted by Crippen LogP contribution is -2.12. The number of rotatable bonds is 23. The van der Waals surface area contributed by atoms with Gasteiger partial charge in [0.2, 0.25) is 23.8 Å². The molecule has 28 nitrogen and oxygen atoms in total. The number of H-pyrrole nitrogens is 4. The van der Waals surface area contributed by atoms with Gasteiger partial charge in [-0.15, -0.1) is 0 Å². The summed E-state index contributed by atoms with van der Waals surface area (Å²) in [5.41, 5.74) is 28.2. The Morgan fingerprint density at radius 3 is 1.00 bits per heavy atom. The van der Waals surface area contributed by atoms with Crippen molar-refractivity contribution >= 4 is 99.7 Å². The SMILES string of the molecule is C/C=C/c1cc(Nc2cc(NC(C)c3ccc(F)cc3F)nc(N)n2)n[nH]1.CC(C)c1cc(Nc2cc(NC(C)c3ccc(F)cc3F)nc(N)n2)n[nH]1.CC(Nc1cc(Nc2cc(C3CCC3)[nH]n2)nc(N)n1)c1ccc(F)cc1F.Cc1cc(Nc2cc(NC(C)c3ccc(F)cc3F)nc(N)n2)n[nH]1. The molecule has 0 bridgehead atoms. The van der Waals surface area contributed by atoms with Crippen LogP contribution < -0.4 is 65.5 Å². The monoisotopic (exact) mass is 1470 g/mol. The smallest absolute Gasteiger partial charge is 0.223 e. The minimum absolute atomic E-state index is 0.0403. The molecule has 4 atom stereocenters. The number of nitrogens with two attached hydrogens (primary N) is 4. The standard InChI is InChI=1S/C19H21F2N7.C18H21F2N7.C18H19F2N7.C16H17F2N7/c1-10(13-6-5-12(20)7-14(13)21)23-16-9-17(26-19(22)25-16)24-18-8-15(27-28-18)11-3-2-4-11;1-9(2)14-7-17(27-26-14)23-16-8-15(24-18(21)25-16)22-10(3)12-5-4-11(19)6-13(12)20;1-3-4-12-8-17(27-26-12)23-16-9-15(24-18(21)25-16)22-10(2)13-6-5-11(19)7-14(13)20;1-8-5-15(25-24-8)21-14-7-13(22-16(19)23-14)20-9(2)11-4-3-10(17)6-12(11)18/h5-11H,2-4H2,1H3,(H5,22,23,24,25,26,27,28);4-10H,1-3H3,(H5,21,22,23,24,25,26,27);3-10H,1-2H3,(H5,21,22,23,24,25,26,27);3-7,9H,1-2H3,(H5,19,20,21,22,23,24,25)/b;;4-3+;. The molecule has 558 valence electrons. The van der Waals surface area contributed by atoms with E-state index in [1.807, 2.05) is 50.3 Å². The van der Waals surface area contributed by atoms with Crippen molar-refractivity contribution in [3.8, 4) is 0 Å². The second-order valence-corrected chi connectivity index (χ2v) is 25.0. The molecule has 12 aromatic rings. The van der Waals surface area contributed by atoms with Gasteiger partial charge in [0, 0.05) is 118 Å². The highest BCUT2D eigenvalue weighted by atomic mass is 19.2. The Balaban J connectivity index is 0.000000153. The average molecular weight is 1480 g/mol. The molecule has 107 heavy (non-hydrogen) atoms. The highest BCUT2D eigenvalue weighted by Crippen LogP contribution is 2.37. The van der Waals surface area contributed by atoms with E-state index >= 15 is 0 Å². The van der Waals surface area contributed by atoms with Crippen LogP contribution in [0.5, 0.6) is 0 Å². The van der Waals surface area contributed by atoms with Crippen molar-refractivity contribution in [2.75, 3.05) is 65.5 Å². The highest BCUT2D eigenvalue weighted by Gasteiger charge is 2.23. The molecule has 8 aromatic heterocycles. The van der Waals surface area contributed by atoms with Gasteiger partial charge in [-0.05, 0) is 90.6 Å². The molecule has 20 N–H and O–H groups in total. The number of halogens is 8. The van der Waals surface area contributed by atoms with Crippen LogP contribution in [-0.4, -0.2) is 80.7 Å². The van der Waals surface area contributed by atoms with E-state index in [0.717, 1.165) is 47.0 Å². The van der Waals surface area contributed by atoms with Gasteiger partial charge in [-0.3, -0.25) is 20.4 Å². The third kappa shape index (κ3) is 21.7. The van der Waals surface area contributed by atoms with Crippen LogP contribution in [0.15, 0.2) is 127 Å². The van der Waals surface area contributed by atoms with E-state index in [9.17, 15) is 35.1 Å². The lowest BCUT2D eigenvalue weighted by molar-refractivity contribution is 0.410. The third-order valence-electron chi connectivity index (χ3n) is 16.2. The van der Waals surface area contributed by atoms with Crippen molar-refractivity contribution in [1.82, 2.24) is 80.7 Å². The number of benzene rings is 4. The fourth-order valence-corrected chi connectivity index (χ4v) is 10.7. The van der Waals surface area contributed by atoms with Gasteiger partial charge in [-0.2, -0.15) is 60.3 Å². The molecule has 0 amide bonds. The summed E-state index contributed by atoms with van der Waals surface area (Å²) in [6.45, 7) is 14.8. The first-order chi connectivity index (χ1) is 51.1. The van der Waals surface area contributed by atoms with Gasteiger partial charge in [0.25, 0.3) is 0 Å². The maximum atomic E-state index is 14.0. The van der Waals surface area contributed by atoms with Gasteiger partial charge in [0.1, 0.15) is 93.1 Å². The van der Waals surface area contributed by atoms with Gasteiger partial charge in [0.05, 0.1) is 29.9 Å². The summed E-state index contributed by atoms with van der Waals surface area (Å²) in [4.78, 5) is 32.9. The second kappa shape index (κ2) is 34.9. The molecular formula is C71H78F8N28. The number of hydrogen-bond donors (Lipinski definition) is 16. The zero-order chi connectivity index (χ0) is 76.6. The van der Waals surface area contributed by atoms with Crippen LogP contribution >= 0.6 is 0 Å². The van der Waals surface area contributed by atoms with Crippen LogP contribution in [0.25, 0.3) is 6.08 Å². The Bertz CT molecular complexity index is 5020.